The first kappa shape index (κ1) is 17.7. The summed E-state index contributed by atoms with van der Waals surface area (Å²) in [7, 11) is 0. The number of aliphatic hydroxyl groups is 1. The van der Waals surface area contributed by atoms with Crippen LogP contribution >= 0.6 is 0 Å². The van der Waals surface area contributed by atoms with Crippen molar-refractivity contribution in [3.8, 4) is 0 Å². The number of carbonyl (C=O) groups is 2. The van der Waals surface area contributed by atoms with E-state index >= 15 is 0 Å². The van der Waals surface area contributed by atoms with Crippen LogP contribution in [0.5, 0.6) is 0 Å². The number of hydrogen-bond donors (Lipinski definition) is 2. The van der Waals surface area contributed by atoms with Gasteiger partial charge in [0.2, 0.25) is 5.91 Å². The zero-order valence-corrected chi connectivity index (χ0v) is 14.5. The highest BCUT2D eigenvalue weighted by Crippen LogP contribution is 2.22. The summed E-state index contributed by atoms with van der Waals surface area (Å²) in [6, 6.07) is 7.16. The normalized spacial score (nSPS) is 23.3. The second-order valence-corrected chi connectivity index (χ2v) is 6.99. The van der Waals surface area contributed by atoms with Crippen molar-refractivity contribution in [2.45, 2.75) is 32.1 Å². The second kappa shape index (κ2) is 8.30. The average Bonchev–Trinajstić information content (AvgIpc) is 2.68. The van der Waals surface area contributed by atoms with Gasteiger partial charge in [0.25, 0.3) is 5.91 Å². The van der Waals surface area contributed by atoms with Crippen molar-refractivity contribution in [3.05, 3.63) is 42.0 Å². The number of amides is 2. The SMILES string of the molecule is O=C(Nc1cccc(C(=O)N2CCCC(CO)C2)c1)C1CC=CCC1. The van der Waals surface area contributed by atoms with E-state index in [0.717, 1.165) is 38.6 Å². The van der Waals surface area contributed by atoms with E-state index in [0.29, 0.717) is 17.8 Å². The first-order valence-electron chi connectivity index (χ1n) is 9.13. The van der Waals surface area contributed by atoms with Gasteiger partial charge in [-0.25, -0.2) is 0 Å². The molecule has 1 fully saturated rings. The Kier molecular flexibility index (Phi) is 5.87. The molecule has 2 atom stereocenters. The number of hydrogen-bond acceptors (Lipinski definition) is 3. The van der Waals surface area contributed by atoms with Gasteiger partial charge in [-0.2, -0.15) is 0 Å². The summed E-state index contributed by atoms with van der Waals surface area (Å²) in [6.07, 6.45) is 8.65. The summed E-state index contributed by atoms with van der Waals surface area (Å²) in [6.45, 7) is 1.44. The Hall–Kier alpha value is -2.14. The molecule has 0 aromatic heterocycles. The molecule has 2 N–H and O–H groups in total. The molecule has 2 amide bonds. The lowest BCUT2D eigenvalue weighted by Gasteiger charge is -2.32. The Bertz CT molecular complexity index is 656. The van der Waals surface area contributed by atoms with Crippen molar-refractivity contribution < 1.29 is 14.7 Å². The van der Waals surface area contributed by atoms with E-state index in [1.807, 2.05) is 6.07 Å². The molecule has 1 aromatic rings. The van der Waals surface area contributed by atoms with E-state index in [1.165, 1.54) is 0 Å². The molecule has 1 aliphatic heterocycles. The molecule has 0 radical (unpaired) electrons. The fourth-order valence-corrected chi connectivity index (χ4v) is 3.59. The summed E-state index contributed by atoms with van der Waals surface area (Å²) in [5.74, 6) is 0.166. The fraction of sp³-hybridized carbons (Fsp3) is 0.500. The molecule has 5 nitrogen and oxygen atoms in total. The number of aliphatic hydroxyl groups excluding tert-OH is 1. The van der Waals surface area contributed by atoms with Gasteiger partial charge in [0.15, 0.2) is 0 Å². The van der Waals surface area contributed by atoms with Gasteiger partial charge in [-0.15, -0.1) is 0 Å². The molecule has 1 aliphatic carbocycles. The van der Waals surface area contributed by atoms with Gasteiger partial charge in [-0.3, -0.25) is 9.59 Å². The molecule has 0 bridgehead atoms. The smallest absolute Gasteiger partial charge is 0.253 e. The first-order valence-corrected chi connectivity index (χ1v) is 9.13. The number of nitrogens with zero attached hydrogens (tertiary/aromatic N) is 1. The number of nitrogens with one attached hydrogen (secondary N) is 1. The first-order chi connectivity index (χ1) is 12.2. The Morgan fingerprint density at radius 2 is 2.12 bits per heavy atom. The summed E-state index contributed by atoms with van der Waals surface area (Å²) in [5, 5.41) is 12.3. The van der Waals surface area contributed by atoms with Gasteiger partial charge in [-0.05, 0) is 56.2 Å². The van der Waals surface area contributed by atoms with Crippen molar-refractivity contribution in [3.63, 3.8) is 0 Å². The highest BCUT2D eigenvalue weighted by atomic mass is 16.3. The van der Waals surface area contributed by atoms with E-state index in [9.17, 15) is 14.7 Å². The minimum Gasteiger partial charge on any atom is -0.396 e. The molecular weight excluding hydrogens is 316 g/mol. The Labute approximate surface area is 148 Å². The van der Waals surface area contributed by atoms with Gasteiger partial charge < -0.3 is 15.3 Å². The standard InChI is InChI=1S/C20H26N2O3/c23-14-15-6-5-11-22(13-15)20(25)17-9-4-10-18(12-17)21-19(24)16-7-2-1-3-8-16/h1-2,4,9-10,12,15-16,23H,3,5-8,11,13-14H2,(H,21,24). The maximum absolute atomic E-state index is 12.7. The molecule has 3 rings (SSSR count). The predicted octanol–water partition coefficient (Wildman–Crippen LogP) is 2.83. The lowest BCUT2D eigenvalue weighted by atomic mass is 9.93. The number of piperidine rings is 1. The highest BCUT2D eigenvalue weighted by molar-refractivity contribution is 5.97. The van der Waals surface area contributed by atoms with Crippen LogP contribution in [0.4, 0.5) is 5.69 Å². The zero-order valence-electron chi connectivity index (χ0n) is 14.5. The van der Waals surface area contributed by atoms with Gasteiger partial charge in [0, 0.05) is 36.9 Å². The Morgan fingerprint density at radius 1 is 1.24 bits per heavy atom. The summed E-state index contributed by atoms with van der Waals surface area (Å²) in [4.78, 5) is 26.9. The van der Waals surface area contributed by atoms with Gasteiger partial charge in [0.05, 0.1) is 0 Å². The summed E-state index contributed by atoms with van der Waals surface area (Å²) >= 11 is 0. The van der Waals surface area contributed by atoms with Crippen LogP contribution in [0.2, 0.25) is 0 Å². The molecule has 1 heterocycles. The number of anilines is 1. The molecule has 1 aromatic carbocycles. The largest absolute Gasteiger partial charge is 0.396 e. The maximum Gasteiger partial charge on any atom is 0.253 e. The minimum absolute atomic E-state index is 0.0109. The van der Waals surface area contributed by atoms with Crippen molar-refractivity contribution in [1.29, 1.82) is 0 Å². The topological polar surface area (TPSA) is 69.6 Å². The summed E-state index contributed by atoms with van der Waals surface area (Å²) in [5.41, 5.74) is 1.25. The van der Waals surface area contributed by atoms with Crippen LogP contribution in [-0.4, -0.2) is 41.5 Å². The molecule has 2 unspecified atom stereocenters. The van der Waals surface area contributed by atoms with E-state index in [4.69, 9.17) is 0 Å². The van der Waals surface area contributed by atoms with Gasteiger partial charge >= 0.3 is 0 Å². The quantitative estimate of drug-likeness (QED) is 0.827. The monoisotopic (exact) mass is 342 g/mol. The van der Waals surface area contributed by atoms with Crippen LogP contribution in [0, 0.1) is 11.8 Å². The van der Waals surface area contributed by atoms with Crippen LogP contribution < -0.4 is 5.32 Å². The lowest BCUT2D eigenvalue weighted by molar-refractivity contribution is -0.120. The van der Waals surface area contributed by atoms with Gasteiger partial charge in [0.1, 0.15) is 0 Å². The van der Waals surface area contributed by atoms with E-state index in [-0.39, 0.29) is 30.3 Å². The van der Waals surface area contributed by atoms with Crippen molar-refractivity contribution in [2.24, 2.45) is 11.8 Å². The third kappa shape index (κ3) is 4.48. The maximum atomic E-state index is 12.7. The van der Waals surface area contributed by atoms with E-state index in [1.54, 1.807) is 23.1 Å². The number of likely N-dealkylation sites (tertiary alicyclic amines) is 1. The van der Waals surface area contributed by atoms with Crippen molar-refractivity contribution in [1.82, 2.24) is 4.90 Å². The van der Waals surface area contributed by atoms with Crippen LogP contribution in [-0.2, 0) is 4.79 Å². The number of allylic oxidation sites excluding steroid dienone is 2. The van der Waals surface area contributed by atoms with Crippen LogP contribution in [0.3, 0.4) is 0 Å². The Balaban J connectivity index is 1.65. The van der Waals surface area contributed by atoms with Gasteiger partial charge in [-0.1, -0.05) is 18.2 Å². The predicted molar refractivity (Wildman–Crippen MR) is 97.3 cm³/mol. The molecule has 2 aliphatic rings. The number of benzene rings is 1. The molecule has 1 saturated heterocycles. The Morgan fingerprint density at radius 3 is 2.88 bits per heavy atom. The van der Waals surface area contributed by atoms with Crippen LogP contribution in [0.25, 0.3) is 0 Å². The third-order valence-electron chi connectivity index (χ3n) is 5.08. The molecule has 0 saturated carbocycles. The second-order valence-electron chi connectivity index (χ2n) is 6.99. The van der Waals surface area contributed by atoms with E-state index in [2.05, 4.69) is 17.5 Å². The minimum atomic E-state index is -0.0325. The molecule has 5 heteroatoms. The molecule has 134 valence electrons. The summed E-state index contributed by atoms with van der Waals surface area (Å²) < 4.78 is 0. The highest BCUT2D eigenvalue weighted by Gasteiger charge is 2.24. The zero-order chi connectivity index (χ0) is 17.6. The number of rotatable bonds is 4. The molecular formula is C20H26N2O3. The van der Waals surface area contributed by atoms with E-state index < -0.39 is 0 Å². The number of carbonyl (C=O) groups excluding carboxylic acids is 2. The van der Waals surface area contributed by atoms with Crippen LogP contribution in [0.1, 0.15) is 42.5 Å². The fourth-order valence-electron chi connectivity index (χ4n) is 3.59. The third-order valence-corrected chi connectivity index (χ3v) is 5.08. The van der Waals surface area contributed by atoms with Crippen molar-refractivity contribution >= 4 is 17.5 Å². The van der Waals surface area contributed by atoms with Crippen LogP contribution in [0.15, 0.2) is 36.4 Å². The average molecular weight is 342 g/mol. The molecule has 0 spiro atoms. The van der Waals surface area contributed by atoms with Crippen molar-refractivity contribution in [2.75, 3.05) is 25.0 Å². The lowest BCUT2D eigenvalue weighted by Crippen LogP contribution is -2.40. The molecule has 25 heavy (non-hydrogen) atoms.